The van der Waals surface area contributed by atoms with Crippen LogP contribution in [-0.2, 0) is 0 Å². The molecule has 134 valence electrons. The number of ether oxygens (including phenoxy) is 1. The molecule has 0 spiro atoms. The summed E-state index contributed by atoms with van der Waals surface area (Å²) in [4.78, 5) is 23.9. The Bertz CT molecular complexity index is 903. The molecule has 0 radical (unpaired) electrons. The summed E-state index contributed by atoms with van der Waals surface area (Å²) < 4.78 is 21.7. The molecule has 3 rings (SSSR count). The molecule has 0 aliphatic heterocycles. The van der Waals surface area contributed by atoms with E-state index < -0.39 is 17.2 Å². The van der Waals surface area contributed by atoms with Crippen molar-refractivity contribution in [3.63, 3.8) is 0 Å². The Labute approximate surface area is 143 Å². The predicted octanol–water partition coefficient (Wildman–Crippen LogP) is 1.94. The van der Waals surface area contributed by atoms with E-state index in [1.807, 2.05) is 0 Å². The molecule has 4 N–H and O–H groups in total. The summed E-state index contributed by atoms with van der Waals surface area (Å²) in [5, 5.41) is 12.2. The zero-order valence-corrected chi connectivity index (χ0v) is 14.0. The molecule has 1 aliphatic carbocycles. The maximum absolute atomic E-state index is 14.6. The van der Waals surface area contributed by atoms with Crippen LogP contribution < -0.4 is 21.2 Å². The number of benzene rings is 1. The fraction of sp³-hybridized carbons (Fsp3) is 0.412. The highest BCUT2D eigenvalue weighted by molar-refractivity contribution is 5.97. The van der Waals surface area contributed by atoms with Crippen LogP contribution in [0.4, 0.5) is 10.1 Å². The van der Waals surface area contributed by atoms with Crippen LogP contribution in [0, 0.1) is 5.82 Å². The van der Waals surface area contributed by atoms with E-state index in [9.17, 15) is 19.1 Å². The number of nitrogens with zero attached hydrogens (tertiary/aromatic N) is 1. The highest BCUT2D eigenvalue weighted by Gasteiger charge is 2.30. The molecule has 0 bridgehead atoms. The van der Waals surface area contributed by atoms with Crippen molar-refractivity contribution in [2.45, 2.75) is 31.8 Å². The minimum absolute atomic E-state index is 0.00695. The van der Waals surface area contributed by atoms with Crippen molar-refractivity contribution in [1.82, 2.24) is 4.57 Å². The Morgan fingerprint density at radius 1 is 1.56 bits per heavy atom. The monoisotopic (exact) mass is 349 g/mol. The second-order valence-corrected chi connectivity index (χ2v) is 6.34. The molecular formula is C17H20FN3O4. The molecule has 7 nitrogen and oxygen atoms in total. The van der Waals surface area contributed by atoms with Gasteiger partial charge in [-0.05, 0) is 25.8 Å². The van der Waals surface area contributed by atoms with Crippen molar-refractivity contribution in [1.29, 1.82) is 0 Å². The zero-order valence-electron chi connectivity index (χ0n) is 14.0. The van der Waals surface area contributed by atoms with Gasteiger partial charge in [0, 0.05) is 24.8 Å². The molecule has 0 amide bonds. The summed E-state index contributed by atoms with van der Waals surface area (Å²) in [6.45, 7) is 2.09. The molecular weight excluding hydrogens is 329 g/mol. The van der Waals surface area contributed by atoms with Crippen molar-refractivity contribution in [2.24, 2.45) is 5.73 Å². The molecule has 1 fully saturated rings. The highest BCUT2D eigenvalue weighted by atomic mass is 19.1. The van der Waals surface area contributed by atoms with Crippen LogP contribution in [0.3, 0.4) is 0 Å². The summed E-state index contributed by atoms with van der Waals surface area (Å²) in [5.74, 6) is -1.84. The highest BCUT2D eigenvalue weighted by Crippen LogP contribution is 2.42. The third-order valence-electron chi connectivity index (χ3n) is 4.20. The van der Waals surface area contributed by atoms with E-state index in [1.54, 1.807) is 11.5 Å². The van der Waals surface area contributed by atoms with Gasteiger partial charge < -0.3 is 25.5 Å². The van der Waals surface area contributed by atoms with Gasteiger partial charge in [0.2, 0.25) is 5.43 Å². The standard InChI is InChI=1S/C17H20FN3O4/c1-8(19)6-20-13-12(18)5-10-14(16(13)25-2)21(9-3-4-9)7-11(15(10)22)17(23)24/h5,7-9,20H,3-4,6,19H2,1-2H3,(H,23,24)/t8-/m1/s1. The summed E-state index contributed by atoms with van der Waals surface area (Å²) in [7, 11) is 1.39. The average molecular weight is 349 g/mol. The van der Waals surface area contributed by atoms with Crippen LogP contribution in [0.25, 0.3) is 10.9 Å². The normalized spacial score (nSPS) is 15.2. The molecule has 8 heteroatoms. The van der Waals surface area contributed by atoms with Crippen molar-refractivity contribution < 1.29 is 19.0 Å². The predicted molar refractivity (Wildman–Crippen MR) is 92.1 cm³/mol. The second kappa shape index (κ2) is 6.36. The number of nitrogens with one attached hydrogen (secondary N) is 1. The fourth-order valence-electron chi connectivity index (χ4n) is 2.87. The van der Waals surface area contributed by atoms with E-state index in [1.165, 1.54) is 13.3 Å². The van der Waals surface area contributed by atoms with Gasteiger partial charge in [0.15, 0.2) is 11.6 Å². The van der Waals surface area contributed by atoms with Crippen LogP contribution in [0.1, 0.15) is 36.2 Å². The van der Waals surface area contributed by atoms with Crippen LogP contribution in [0.5, 0.6) is 5.75 Å². The number of rotatable bonds is 6. The topological polar surface area (TPSA) is 107 Å². The Balaban J connectivity index is 2.34. The van der Waals surface area contributed by atoms with E-state index in [-0.39, 0.29) is 34.5 Å². The molecule has 1 aromatic carbocycles. The molecule has 0 saturated heterocycles. The lowest BCUT2D eigenvalue weighted by molar-refractivity contribution is 0.0695. The Hall–Kier alpha value is -2.61. The fourth-order valence-corrected chi connectivity index (χ4v) is 2.87. The first kappa shape index (κ1) is 17.2. The van der Waals surface area contributed by atoms with Crippen molar-refractivity contribution in [3.05, 3.63) is 33.9 Å². The SMILES string of the molecule is COc1c(NC[C@@H](C)N)c(F)cc2c(=O)c(C(=O)O)cn(C3CC3)c12. The van der Waals surface area contributed by atoms with Crippen LogP contribution in [0.2, 0.25) is 0 Å². The first-order chi connectivity index (χ1) is 11.8. The maximum Gasteiger partial charge on any atom is 0.341 e. The minimum atomic E-state index is -1.33. The van der Waals surface area contributed by atoms with Crippen LogP contribution >= 0.6 is 0 Å². The average Bonchev–Trinajstić information content (AvgIpc) is 3.37. The number of anilines is 1. The first-order valence-corrected chi connectivity index (χ1v) is 8.03. The Morgan fingerprint density at radius 2 is 2.24 bits per heavy atom. The third kappa shape index (κ3) is 3.05. The number of pyridine rings is 1. The van der Waals surface area contributed by atoms with Crippen LogP contribution in [0.15, 0.2) is 17.1 Å². The Kier molecular flexibility index (Phi) is 4.38. The van der Waals surface area contributed by atoms with Gasteiger partial charge in [0.25, 0.3) is 0 Å². The second-order valence-electron chi connectivity index (χ2n) is 6.34. The minimum Gasteiger partial charge on any atom is -0.492 e. The molecule has 1 saturated carbocycles. The van der Waals surface area contributed by atoms with E-state index in [0.29, 0.717) is 12.1 Å². The Morgan fingerprint density at radius 3 is 2.76 bits per heavy atom. The van der Waals surface area contributed by atoms with E-state index >= 15 is 0 Å². The number of fused-ring (bicyclic) bond motifs is 1. The number of aromatic nitrogens is 1. The van der Waals surface area contributed by atoms with Gasteiger partial charge in [-0.2, -0.15) is 0 Å². The lowest BCUT2D eigenvalue weighted by Gasteiger charge is -2.19. The van der Waals surface area contributed by atoms with Gasteiger partial charge in [-0.25, -0.2) is 9.18 Å². The summed E-state index contributed by atoms with van der Waals surface area (Å²) in [6.07, 6.45) is 3.04. The quantitative estimate of drug-likeness (QED) is 0.736. The number of carboxylic acid groups (broad SMARTS) is 1. The number of hydrogen-bond acceptors (Lipinski definition) is 5. The molecule has 25 heavy (non-hydrogen) atoms. The van der Waals surface area contributed by atoms with Gasteiger partial charge in [0.05, 0.1) is 18.0 Å². The van der Waals surface area contributed by atoms with Gasteiger partial charge >= 0.3 is 5.97 Å². The first-order valence-electron chi connectivity index (χ1n) is 8.03. The van der Waals surface area contributed by atoms with E-state index in [0.717, 1.165) is 18.9 Å². The molecule has 0 unspecified atom stereocenters. The lowest BCUT2D eigenvalue weighted by atomic mass is 10.1. The smallest absolute Gasteiger partial charge is 0.341 e. The molecule has 2 aromatic rings. The number of nitrogens with two attached hydrogens (primary N) is 1. The van der Waals surface area contributed by atoms with Crippen molar-refractivity contribution >= 4 is 22.6 Å². The van der Waals surface area contributed by atoms with Gasteiger partial charge in [0.1, 0.15) is 11.3 Å². The van der Waals surface area contributed by atoms with Gasteiger partial charge in [-0.15, -0.1) is 0 Å². The van der Waals surface area contributed by atoms with Crippen molar-refractivity contribution in [2.75, 3.05) is 19.0 Å². The van der Waals surface area contributed by atoms with Gasteiger partial charge in [-0.1, -0.05) is 0 Å². The number of hydrogen-bond donors (Lipinski definition) is 3. The summed E-state index contributed by atoms with van der Waals surface area (Å²) in [6, 6.07) is 0.927. The molecule has 1 atom stereocenters. The van der Waals surface area contributed by atoms with Crippen molar-refractivity contribution in [3.8, 4) is 5.75 Å². The number of carbonyl (C=O) groups is 1. The van der Waals surface area contributed by atoms with Gasteiger partial charge in [-0.3, -0.25) is 4.79 Å². The molecule has 1 aliphatic rings. The summed E-state index contributed by atoms with van der Waals surface area (Å²) >= 11 is 0. The van der Waals surface area contributed by atoms with Crippen LogP contribution in [-0.4, -0.2) is 35.3 Å². The largest absolute Gasteiger partial charge is 0.492 e. The number of carboxylic acids is 1. The maximum atomic E-state index is 14.6. The lowest BCUT2D eigenvalue weighted by Crippen LogP contribution is -2.26. The zero-order chi connectivity index (χ0) is 18.3. The number of aromatic carboxylic acids is 1. The van der Waals surface area contributed by atoms with E-state index in [2.05, 4.69) is 5.32 Å². The molecule has 1 aromatic heterocycles. The number of halogens is 1. The van der Waals surface area contributed by atoms with E-state index in [4.69, 9.17) is 10.5 Å². The third-order valence-corrected chi connectivity index (χ3v) is 4.20. The summed E-state index contributed by atoms with van der Waals surface area (Å²) in [5.41, 5.74) is 5.12. The molecule has 1 heterocycles. The number of methoxy groups -OCH3 is 1.